The van der Waals surface area contributed by atoms with E-state index in [0.29, 0.717) is 78.7 Å². The van der Waals surface area contributed by atoms with Gasteiger partial charge in [-0.15, -0.1) is 5.10 Å². The summed E-state index contributed by atoms with van der Waals surface area (Å²) in [6.45, 7) is 2.91. The molecule has 0 fully saturated rings. The molecule has 0 saturated heterocycles. The number of halogens is 3. The maximum absolute atomic E-state index is 13.5. The number of fused-ring (bicyclic) bond motifs is 3. The largest absolute Gasteiger partial charge is 0.497 e. The minimum atomic E-state index is -0.843. The number of pyridine rings is 2. The minimum Gasteiger partial charge on any atom is -0.497 e. The lowest BCUT2D eigenvalue weighted by Crippen LogP contribution is -2.46. The first-order chi connectivity index (χ1) is 37.2. The van der Waals surface area contributed by atoms with Gasteiger partial charge in [0.2, 0.25) is 17.1 Å². The lowest BCUT2D eigenvalue weighted by Gasteiger charge is -2.26. The molecule has 4 N–H and O–H groups in total. The molecule has 4 atom stereocenters. The number of rotatable bonds is 16. The number of methoxy groups -OCH3 is 2. The Morgan fingerprint density at radius 3 is 1.68 bits per heavy atom. The number of ether oxygens (including phenoxy) is 2. The van der Waals surface area contributed by atoms with Crippen molar-refractivity contribution in [1.29, 1.82) is 0 Å². The number of nitrogens with one attached hydrogen (secondary N) is 2. The Bertz CT molecular complexity index is 3550. The van der Waals surface area contributed by atoms with E-state index in [2.05, 4.69) is 50.8 Å². The van der Waals surface area contributed by atoms with Crippen LogP contribution >= 0.6 is 34.8 Å². The van der Waals surface area contributed by atoms with Crippen molar-refractivity contribution in [2.45, 2.75) is 51.1 Å². The standard InChI is InChI=1S/C29H25ClN8O5.C23H21Cl2N5O4/c1-16(27(40)33-24(15-39)17-6-5-7-19(10-17)42-2)37-14-23-20(28(37)41)11-18(12-31-23)26-21(30)13-32-29(34-26)43-38-25-9-4-3-8-22(25)35-36-38;1-12(21(32)28-19(11-31)13-4-3-5-15(6-13)34-2)30-10-18-16(22(30)33)7-14(8-26-18)20-17(24)9-27-23(25)29-20/h3-13,16,24,39H,14-15H2,1-2H3,(H,33,40);3-9,12,19,31H,10-11H2,1-2H3,(H,28,32)/t16-,24-;12-,19-/m11/s1. The van der Waals surface area contributed by atoms with Gasteiger partial charge in [-0.1, -0.05) is 64.4 Å². The maximum Gasteiger partial charge on any atom is 0.346 e. The number of amides is 4. The number of aliphatic hydroxyl groups excluding tert-OH is 2. The summed E-state index contributed by atoms with van der Waals surface area (Å²) in [4.78, 5) is 87.9. The van der Waals surface area contributed by atoms with Crippen LogP contribution in [0.3, 0.4) is 0 Å². The minimum absolute atomic E-state index is 0.0209. The van der Waals surface area contributed by atoms with Crippen molar-refractivity contribution in [3.05, 3.63) is 159 Å². The van der Waals surface area contributed by atoms with Crippen LogP contribution in [-0.2, 0) is 22.7 Å². The van der Waals surface area contributed by atoms with Gasteiger partial charge in [0, 0.05) is 23.5 Å². The first-order valence-electron chi connectivity index (χ1n) is 23.6. The summed E-state index contributed by atoms with van der Waals surface area (Å²) in [5.74, 6) is -0.344. The Morgan fingerprint density at radius 2 is 1.16 bits per heavy atom. The van der Waals surface area contributed by atoms with Crippen LogP contribution < -0.4 is 24.9 Å². The molecule has 8 aromatic rings. The lowest BCUT2D eigenvalue weighted by molar-refractivity contribution is -0.127. The van der Waals surface area contributed by atoms with Crippen molar-refractivity contribution in [3.63, 3.8) is 0 Å². The number of carbonyl (C=O) groups is 4. The highest BCUT2D eigenvalue weighted by Crippen LogP contribution is 2.34. The molecule has 0 bridgehead atoms. The first-order valence-corrected chi connectivity index (χ1v) is 24.7. The van der Waals surface area contributed by atoms with Crippen LogP contribution in [0, 0.1) is 0 Å². The molecule has 0 aliphatic carbocycles. The third-order valence-corrected chi connectivity index (χ3v) is 13.5. The van der Waals surface area contributed by atoms with Gasteiger partial charge in [-0.3, -0.25) is 29.1 Å². The molecule has 0 radical (unpaired) electrons. The summed E-state index contributed by atoms with van der Waals surface area (Å²) in [7, 11) is 3.08. The highest BCUT2D eigenvalue weighted by atomic mass is 35.5. The number of hydrogen-bond acceptors (Lipinski definition) is 17. The second kappa shape index (κ2) is 23.2. The second-order valence-electron chi connectivity index (χ2n) is 17.4. The quantitative estimate of drug-likeness (QED) is 0.0804. The molecular weight excluding hydrogens is 1060 g/mol. The van der Waals surface area contributed by atoms with Crippen molar-refractivity contribution in [1.82, 2.24) is 65.5 Å². The molecule has 22 nitrogen and oxygen atoms in total. The summed E-state index contributed by atoms with van der Waals surface area (Å²) in [6, 6.07) is 21.6. The maximum atomic E-state index is 13.5. The number of aliphatic hydroxyl groups is 2. The summed E-state index contributed by atoms with van der Waals surface area (Å²) in [6.07, 6.45) is 5.86. The fourth-order valence-electron chi connectivity index (χ4n) is 8.46. The summed E-state index contributed by atoms with van der Waals surface area (Å²) < 4.78 is 10.5. The van der Waals surface area contributed by atoms with Gasteiger partial charge in [-0.25, -0.2) is 15.0 Å². The van der Waals surface area contributed by atoms with Crippen LogP contribution in [0.2, 0.25) is 15.3 Å². The average Bonchev–Trinajstić information content (AvgIpc) is 4.15. The van der Waals surface area contributed by atoms with Crippen LogP contribution in [0.25, 0.3) is 33.5 Å². The molecule has 2 aliphatic heterocycles. The molecule has 4 amide bonds. The summed E-state index contributed by atoms with van der Waals surface area (Å²) in [5.41, 5.74) is 5.98. The van der Waals surface area contributed by atoms with E-state index in [1.807, 2.05) is 12.1 Å². The van der Waals surface area contributed by atoms with E-state index in [1.165, 1.54) is 41.3 Å². The Labute approximate surface area is 453 Å². The summed E-state index contributed by atoms with van der Waals surface area (Å²) >= 11 is 18.5. The van der Waals surface area contributed by atoms with Gasteiger partial charge in [0.1, 0.15) is 34.6 Å². The highest BCUT2D eigenvalue weighted by Gasteiger charge is 2.38. The Hall–Kier alpha value is -8.41. The lowest BCUT2D eigenvalue weighted by atomic mass is 10.1. The van der Waals surface area contributed by atoms with Gasteiger partial charge in [0.05, 0.1) is 109 Å². The van der Waals surface area contributed by atoms with Crippen molar-refractivity contribution in [2.75, 3.05) is 27.4 Å². The fraction of sp³-hybridized carbons (Fsp3) is 0.231. The third kappa shape index (κ3) is 11.4. The Balaban J connectivity index is 0.000000193. The normalized spacial score (nSPS) is 14.2. The third-order valence-electron chi connectivity index (χ3n) is 12.7. The van der Waals surface area contributed by atoms with E-state index in [4.69, 9.17) is 49.1 Å². The zero-order chi connectivity index (χ0) is 54.5. The molecule has 10 rings (SSSR count). The van der Waals surface area contributed by atoms with E-state index in [9.17, 15) is 29.4 Å². The summed E-state index contributed by atoms with van der Waals surface area (Å²) in [5, 5.41) is 33.9. The van der Waals surface area contributed by atoms with Crippen molar-refractivity contribution >= 4 is 69.5 Å². The van der Waals surface area contributed by atoms with Gasteiger partial charge in [0.25, 0.3) is 11.8 Å². The van der Waals surface area contributed by atoms with Gasteiger partial charge in [0.15, 0.2) is 0 Å². The number of hydrogen-bond donors (Lipinski definition) is 4. The van der Waals surface area contributed by atoms with Gasteiger partial charge < -0.3 is 45.0 Å². The highest BCUT2D eigenvalue weighted by molar-refractivity contribution is 6.34. The van der Waals surface area contributed by atoms with Crippen LogP contribution in [0.4, 0.5) is 0 Å². The van der Waals surface area contributed by atoms with Gasteiger partial charge in [-0.2, -0.15) is 4.98 Å². The van der Waals surface area contributed by atoms with Crippen LogP contribution in [0.5, 0.6) is 17.5 Å². The van der Waals surface area contributed by atoms with Gasteiger partial charge in [-0.05, 0) is 90.3 Å². The van der Waals surface area contributed by atoms with Crippen molar-refractivity contribution < 1.29 is 43.7 Å². The van der Waals surface area contributed by atoms with Crippen LogP contribution in [0.15, 0.2) is 110 Å². The van der Waals surface area contributed by atoms with E-state index < -0.39 is 36.0 Å². The second-order valence-corrected chi connectivity index (χ2v) is 18.6. The molecule has 5 aromatic heterocycles. The predicted molar refractivity (Wildman–Crippen MR) is 280 cm³/mol. The van der Waals surface area contributed by atoms with Crippen molar-refractivity contribution in [2.24, 2.45) is 0 Å². The van der Waals surface area contributed by atoms with Crippen LogP contribution in [-0.4, -0.2) is 128 Å². The Kier molecular flexibility index (Phi) is 16.1. The molecule has 25 heteroatoms. The molecule has 77 heavy (non-hydrogen) atoms. The van der Waals surface area contributed by atoms with E-state index in [1.54, 1.807) is 99.0 Å². The molecule has 394 valence electrons. The number of nitrogens with zero attached hydrogens (tertiary/aromatic N) is 11. The molecular formula is C52H46Cl3N13O9. The first kappa shape index (κ1) is 53.4. The van der Waals surface area contributed by atoms with Crippen LogP contribution in [0.1, 0.15) is 69.2 Å². The molecule has 0 unspecified atom stereocenters. The molecule has 0 saturated carbocycles. The van der Waals surface area contributed by atoms with E-state index >= 15 is 0 Å². The number of para-hydroxylation sites is 1. The molecule has 0 spiro atoms. The zero-order valence-corrected chi connectivity index (χ0v) is 43.6. The Morgan fingerprint density at radius 1 is 0.649 bits per heavy atom. The van der Waals surface area contributed by atoms with Crippen molar-refractivity contribution in [3.8, 4) is 40.0 Å². The fourth-order valence-corrected chi connectivity index (χ4v) is 8.99. The molecule has 3 aromatic carbocycles. The number of aromatic nitrogens is 9. The smallest absolute Gasteiger partial charge is 0.346 e. The van der Waals surface area contributed by atoms with E-state index in [-0.39, 0.29) is 59.5 Å². The predicted octanol–water partition coefficient (Wildman–Crippen LogP) is 6.03. The topological polar surface area (TPSA) is 275 Å². The SMILES string of the molecule is COc1cccc([C@@H](CO)NC(=O)[C@@H](C)N2Cc3ncc(-c4nc(Cl)ncc4Cl)cc3C2=O)c1.COc1cccc([C@@H](CO)NC(=O)[C@@H](C)N2Cc3ncc(-c4nc(On5nnc6ccccc65)ncc4Cl)cc3C2=O)c1. The zero-order valence-electron chi connectivity index (χ0n) is 41.3. The molecule has 2 aliphatic rings. The number of carbonyl (C=O) groups excluding carboxylic acids is 4. The number of benzene rings is 3. The van der Waals surface area contributed by atoms with E-state index in [0.717, 1.165) is 0 Å². The van der Waals surface area contributed by atoms with Gasteiger partial charge >= 0.3 is 6.01 Å². The molecule has 7 heterocycles. The monoisotopic (exact) mass is 1100 g/mol. The average molecular weight is 1100 g/mol.